The Balaban J connectivity index is 1.70. The van der Waals surface area contributed by atoms with Crippen molar-refractivity contribution in [2.45, 2.75) is 31.2 Å². The number of nitrogens with zero attached hydrogens (tertiary/aromatic N) is 2. The van der Waals surface area contributed by atoms with Crippen LogP contribution in [0, 0.1) is 0 Å². The summed E-state index contributed by atoms with van der Waals surface area (Å²) >= 11 is 12.3. The first kappa shape index (κ1) is 19.2. The molecule has 0 fully saturated rings. The number of benzene rings is 2. The smallest absolute Gasteiger partial charge is 0.240 e. The van der Waals surface area contributed by atoms with Gasteiger partial charge in [0, 0.05) is 27.7 Å². The van der Waals surface area contributed by atoms with E-state index in [-0.39, 0.29) is 24.3 Å². The van der Waals surface area contributed by atoms with Gasteiger partial charge in [0.05, 0.1) is 12.2 Å². The topological polar surface area (TPSA) is 76.0 Å². The van der Waals surface area contributed by atoms with Crippen LogP contribution in [0.1, 0.15) is 42.5 Å². The third kappa shape index (κ3) is 2.67. The number of hydrogen-bond donors (Lipinski definition) is 2. The average Bonchev–Trinajstić information content (AvgIpc) is 3.25. The number of carbonyl (C=O) groups is 2. The number of anilines is 2. The summed E-state index contributed by atoms with van der Waals surface area (Å²) in [4.78, 5) is 26.0. The van der Waals surface area contributed by atoms with Crippen molar-refractivity contribution in [3.05, 3.63) is 75.4 Å². The Labute approximate surface area is 183 Å². The third-order valence-corrected chi connectivity index (χ3v) is 6.44. The summed E-state index contributed by atoms with van der Waals surface area (Å²) in [5, 5.41) is 11.6. The van der Waals surface area contributed by atoms with Crippen molar-refractivity contribution in [3.8, 4) is 0 Å². The van der Waals surface area contributed by atoms with Gasteiger partial charge in [-0.25, -0.2) is 4.68 Å². The first-order valence-electron chi connectivity index (χ1n) is 9.69. The fourth-order valence-electron chi connectivity index (χ4n) is 4.56. The fraction of sp³-hybridized carbons (Fsp3) is 0.227. The largest absolute Gasteiger partial charge is 0.325 e. The molecule has 5 rings (SSSR count). The number of hydrogen-bond acceptors (Lipinski definition) is 3. The molecule has 0 bridgehead atoms. The fourth-order valence-corrected chi connectivity index (χ4v) is 4.85. The number of rotatable bonds is 3. The number of halogens is 2. The number of fused-ring (bicyclic) bond motifs is 4. The van der Waals surface area contributed by atoms with Crippen LogP contribution in [0.25, 0.3) is 0 Å². The lowest BCUT2D eigenvalue weighted by atomic mass is 9.72. The highest BCUT2D eigenvalue weighted by Gasteiger charge is 2.54. The molecule has 0 saturated heterocycles. The van der Waals surface area contributed by atoms with Crippen LogP contribution in [-0.4, -0.2) is 21.6 Å². The minimum absolute atomic E-state index is 0.00258. The summed E-state index contributed by atoms with van der Waals surface area (Å²) in [6, 6.07) is 12.7. The number of carbonyl (C=O) groups excluding carboxylic acids is 2. The number of amides is 2. The molecule has 2 amide bonds. The lowest BCUT2D eigenvalue weighted by molar-refractivity contribution is -0.125. The lowest BCUT2D eigenvalue weighted by Crippen LogP contribution is -2.43. The van der Waals surface area contributed by atoms with Gasteiger partial charge in [-0.05, 0) is 47.9 Å². The highest BCUT2D eigenvalue weighted by atomic mass is 35.5. The molecule has 0 radical (unpaired) electrons. The van der Waals surface area contributed by atoms with E-state index in [0.29, 0.717) is 32.7 Å². The normalized spacial score (nSPS) is 20.5. The van der Waals surface area contributed by atoms with E-state index in [9.17, 15) is 9.59 Å². The predicted octanol–water partition coefficient (Wildman–Crippen LogP) is 4.77. The maximum absolute atomic E-state index is 13.2. The van der Waals surface area contributed by atoms with E-state index in [4.69, 9.17) is 23.2 Å². The molecule has 2 aliphatic heterocycles. The van der Waals surface area contributed by atoms with Gasteiger partial charge in [0.1, 0.15) is 11.2 Å². The molecule has 2 unspecified atom stereocenters. The second-order valence-electron chi connectivity index (χ2n) is 7.60. The van der Waals surface area contributed by atoms with Gasteiger partial charge in [0.25, 0.3) is 0 Å². The van der Waals surface area contributed by atoms with Crippen molar-refractivity contribution in [3.63, 3.8) is 0 Å². The van der Waals surface area contributed by atoms with E-state index in [1.807, 2.05) is 31.2 Å². The molecule has 0 aliphatic carbocycles. The highest BCUT2D eigenvalue weighted by Crippen LogP contribution is 2.51. The Morgan fingerprint density at radius 2 is 1.80 bits per heavy atom. The van der Waals surface area contributed by atoms with Crippen molar-refractivity contribution in [1.29, 1.82) is 0 Å². The lowest BCUT2D eigenvalue weighted by Gasteiger charge is -2.32. The second-order valence-corrected chi connectivity index (χ2v) is 8.47. The van der Waals surface area contributed by atoms with Crippen molar-refractivity contribution in [2.75, 3.05) is 10.6 Å². The van der Waals surface area contributed by atoms with Gasteiger partial charge in [0.2, 0.25) is 11.8 Å². The molecule has 3 heterocycles. The Bertz CT molecular complexity index is 1190. The third-order valence-electron chi connectivity index (χ3n) is 5.95. The number of nitrogens with one attached hydrogen (secondary N) is 2. The van der Waals surface area contributed by atoms with Gasteiger partial charge in [-0.2, -0.15) is 5.10 Å². The molecule has 2 aliphatic rings. The van der Waals surface area contributed by atoms with Crippen LogP contribution in [-0.2, 0) is 15.0 Å². The zero-order valence-electron chi connectivity index (χ0n) is 16.1. The monoisotopic (exact) mass is 440 g/mol. The number of aromatic nitrogens is 2. The summed E-state index contributed by atoms with van der Waals surface area (Å²) in [6.07, 6.45) is 2.43. The Morgan fingerprint density at radius 3 is 2.53 bits per heavy atom. The summed E-state index contributed by atoms with van der Waals surface area (Å²) in [6.45, 7) is 2.05. The molecular formula is C22H18Cl2N4O2. The molecule has 2 atom stereocenters. The maximum Gasteiger partial charge on any atom is 0.240 e. The van der Waals surface area contributed by atoms with E-state index >= 15 is 0 Å². The average molecular weight is 441 g/mol. The highest BCUT2D eigenvalue weighted by molar-refractivity contribution is 6.31. The van der Waals surface area contributed by atoms with Gasteiger partial charge >= 0.3 is 0 Å². The van der Waals surface area contributed by atoms with Crippen LogP contribution in [0.4, 0.5) is 11.5 Å². The van der Waals surface area contributed by atoms with Crippen LogP contribution in [0.3, 0.4) is 0 Å². The quantitative estimate of drug-likeness (QED) is 0.615. The summed E-state index contributed by atoms with van der Waals surface area (Å²) in [5.74, 6) is 0.0594. The van der Waals surface area contributed by atoms with Crippen molar-refractivity contribution in [1.82, 2.24) is 9.78 Å². The molecule has 1 aromatic heterocycles. The molecule has 3 aromatic rings. The predicted molar refractivity (Wildman–Crippen MR) is 116 cm³/mol. The molecular weight excluding hydrogens is 423 g/mol. The molecule has 2 aromatic carbocycles. The zero-order chi connectivity index (χ0) is 21.0. The van der Waals surface area contributed by atoms with E-state index in [0.717, 1.165) is 12.0 Å². The van der Waals surface area contributed by atoms with Gasteiger partial charge in [-0.15, -0.1) is 0 Å². The standard InChI is InChI=1S/C22H18Cl2N4O2/c1-2-18(12-3-5-13(23)6-4-12)28-20-16(11-25-28)22(10-19(29)27-20)15-9-14(24)7-8-17(15)26-21(22)30/h3-9,11,18H,2,10H2,1H3,(H,26,30)(H,27,29). The van der Waals surface area contributed by atoms with Crippen LogP contribution in [0.5, 0.6) is 0 Å². The van der Waals surface area contributed by atoms with Crippen LogP contribution in [0.15, 0.2) is 48.7 Å². The molecule has 1 spiro atoms. The van der Waals surface area contributed by atoms with Crippen LogP contribution >= 0.6 is 23.2 Å². The first-order chi connectivity index (χ1) is 14.4. The van der Waals surface area contributed by atoms with Crippen LogP contribution in [0.2, 0.25) is 10.0 Å². The Morgan fingerprint density at radius 1 is 1.07 bits per heavy atom. The minimum atomic E-state index is -1.14. The zero-order valence-corrected chi connectivity index (χ0v) is 17.6. The Kier molecular flexibility index (Phi) is 4.38. The maximum atomic E-state index is 13.2. The molecule has 0 saturated carbocycles. The van der Waals surface area contributed by atoms with E-state index in [1.54, 1.807) is 29.1 Å². The van der Waals surface area contributed by atoms with Crippen LogP contribution < -0.4 is 10.6 Å². The minimum Gasteiger partial charge on any atom is -0.325 e. The summed E-state index contributed by atoms with van der Waals surface area (Å²) in [5.41, 5.74) is 1.92. The first-order valence-corrected chi connectivity index (χ1v) is 10.4. The second kappa shape index (κ2) is 6.86. The molecule has 152 valence electrons. The van der Waals surface area contributed by atoms with Crippen molar-refractivity contribution < 1.29 is 9.59 Å². The summed E-state index contributed by atoms with van der Waals surface area (Å²) < 4.78 is 1.78. The van der Waals surface area contributed by atoms with E-state index in [2.05, 4.69) is 15.7 Å². The van der Waals surface area contributed by atoms with Crippen molar-refractivity contribution in [2.24, 2.45) is 0 Å². The van der Waals surface area contributed by atoms with Gasteiger partial charge in [-0.3, -0.25) is 9.59 Å². The summed E-state index contributed by atoms with van der Waals surface area (Å²) in [7, 11) is 0. The Hall–Kier alpha value is -2.83. The van der Waals surface area contributed by atoms with E-state index < -0.39 is 5.41 Å². The van der Waals surface area contributed by atoms with Gasteiger partial charge in [-0.1, -0.05) is 42.3 Å². The van der Waals surface area contributed by atoms with E-state index in [1.165, 1.54) is 0 Å². The molecule has 30 heavy (non-hydrogen) atoms. The molecule has 8 heteroatoms. The SMILES string of the molecule is CCC(c1ccc(Cl)cc1)n1ncc2c1NC(=O)CC21C(=O)Nc2ccc(Cl)cc21. The van der Waals surface area contributed by atoms with Crippen molar-refractivity contribution >= 4 is 46.5 Å². The molecule has 6 nitrogen and oxygen atoms in total. The van der Waals surface area contributed by atoms with Gasteiger partial charge in [0.15, 0.2) is 0 Å². The molecule has 2 N–H and O–H groups in total. The van der Waals surface area contributed by atoms with Gasteiger partial charge < -0.3 is 10.6 Å².